The Kier molecular flexibility index (Phi) is 10.1. The van der Waals surface area contributed by atoms with Crippen molar-refractivity contribution < 1.29 is 41.1 Å². The van der Waals surface area contributed by atoms with Crippen molar-refractivity contribution in [2.24, 2.45) is 0 Å². The Morgan fingerprint density at radius 3 is 2.42 bits per heavy atom. The van der Waals surface area contributed by atoms with E-state index in [1.165, 1.54) is 31.1 Å². The molecule has 2 aromatic carbocycles. The van der Waals surface area contributed by atoms with E-state index in [9.17, 15) is 14.4 Å². The highest BCUT2D eigenvalue weighted by Crippen LogP contribution is 2.44. The normalized spacial score (nSPS) is 17.5. The fourth-order valence-corrected chi connectivity index (χ4v) is 6.87. The zero-order chi connectivity index (χ0) is 38.4. The van der Waals surface area contributed by atoms with Gasteiger partial charge in [0.2, 0.25) is 5.91 Å². The fourth-order valence-electron chi connectivity index (χ4n) is 6.87. The monoisotopic (exact) mass is 740 g/mol. The van der Waals surface area contributed by atoms with Crippen LogP contribution in [0.25, 0.3) is 27.6 Å². The predicted octanol–water partition coefficient (Wildman–Crippen LogP) is 7.22. The molecule has 1 unspecified atom stereocenters. The van der Waals surface area contributed by atoms with Gasteiger partial charge in [-0.25, -0.2) is 26.7 Å². The van der Waals surface area contributed by atoms with E-state index in [0.29, 0.717) is 25.1 Å². The van der Waals surface area contributed by atoms with Crippen LogP contribution in [0.1, 0.15) is 67.6 Å². The second-order valence-electron chi connectivity index (χ2n) is 14.7. The molecule has 0 spiro atoms. The van der Waals surface area contributed by atoms with Crippen LogP contribution in [0.4, 0.5) is 26.7 Å². The third kappa shape index (κ3) is 7.79. The van der Waals surface area contributed by atoms with Gasteiger partial charge < -0.3 is 24.4 Å². The van der Waals surface area contributed by atoms with Gasteiger partial charge in [-0.05, 0) is 80.6 Å². The Labute approximate surface area is 303 Å². The van der Waals surface area contributed by atoms with E-state index in [1.54, 1.807) is 54.9 Å². The van der Waals surface area contributed by atoms with Gasteiger partial charge in [-0.2, -0.15) is 5.10 Å². The molecule has 2 aliphatic rings. The summed E-state index contributed by atoms with van der Waals surface area (Å²) in [4.78, 5) is 45.1. The number of carbonyl (C=O) groups is 3. The zero-order valence-corrected chi connectivity index (χ0v) is 30.1. The Morgan fingerprint density at radius 2 is 1.75 bits per heavy atom. The number of benzene rings is 2. The number of nitrogens with one attached hydrogen (secondary N) is 1. The van der Waals surface area contributed by atoms with Gasteiger partial charge in [0.05, 0.1) is 18.0 Å². The number of alkyl halides is 2. The average Bonchev–Trinajstić information content (AvgIpc) is 3.78. The van der Waals surface area contributed by atoms with Crippen LogP contribution in [0, 0.1) is 17.5 Å². The first-order valence-electron chi connectivity index (χ1n) is 17.3. The summed E-state index contributed by atoms with van der Waals surface area (Å²) in [5.74, 6) is -8.94. The summed E-state index contributed by atoms with van der Waals surface area (Å²) in [6.07, 6.45) is 4.39. The number of ether oxygens (including phenoxy) is 1. The maximum absolute atomic E-state index is 16.4. The quantitative estimate of drug-likeness (QED) is 0.202. The van der Waals surface area contributed by atoms with Gasteiger partial charge in [0.25, 0.3) is 11.8 Å². The second kappa shape index (κ2) is 14.3. The van der Waals surface area contributed by atoms with Crippen LogP contribution in [-0.4, -0.2) is 99.2 Å². The van der Waals surface area contributed by atoms with Gasteiger partial charge in [0.15, 0.2) is 5.82 Å². The number of piperidine rings is 1. The third-order valence-corrected chi connectivity index (χ3v) is 9.46. The maximum Gasteiger partial charge on any atom is 0.410 e. The summed E-state index contributed by atoms with van der Waals surface area (Å²) >= 11 is 0. The van der Waals surface area contributed by atoms with Crippen LogP contribution in [0.2, 0.25) is 0 Å². The van der Waals surface area contributed by atoms with E-state index in [-0.39, 0.29) is 65.1 Å². The maximum atomic E-state index is 16.4. The molecule has 1 saturated heterocycles. The minimum Gasteiger partial charge on any atom is -0.444 e. The van der Waals surface area contributed by atoms with E-state index < -0.39 is 59.0 Å². The van der Waals surface area contributed by atoms with Crippen LogP contribution in [-0.2, 0) is 16.1 Å². The molecule has 1 N–H and O–H groups in total. The molecule has 6 rings (SSSR count). The van der Waals surface area contributed by atoms with Crippen LogP contribution in [0.3, 0.4) is 0 Å². The van der Waals surface area contributed by atoms with E-state index in [4.69, 9.17) is 4.74 Å². The molecule has 3 amide bonds. The van der Waals surface area contributed by atoms with Crippen molar-refractivity contribution >= 4 is 34.4 Å². The van der Waals surface area contributed by atoms with Gasteiger partial charge in [0.1, 0.15) is 22.9 Å². The minimum absolute atomic E-state index is 0.00714. The molecule has 0 bridgehead atoms. The lowest BCUT2D eigenvalue weighted by Gasteiger charge is -2.39. The number of carbonyl (C=O) groups excluding carboxylic acids is 3. The number of aromatic amines is 1. The molecule has 15 heteroatoms. The molecule has 10 nitrogen and oxygen atoms in total. The number of likely N-dealkylation sites (tertiary alicyclic amines) is 1. The number of amides is 3. The minimum atomic E-state index is -3.61. The molecule has 0 aliphatic carbocycles. The van der Waals surface area contributed by atoms with Crippen molar-refractivity contribution in [2.45, 2.75) is 64.0 Å². The van der Waals surface area contributed by atoms with Crippen molar-refractivity contribution in [2.75, 3.05) is 40.3 Å². The summed E-state index contributed by atoms with van der Waals surface area (Å²) in [7, 11) is 3.01. The molecular formula is C38H41F5N6O4. The number of halogens is 5. The number of fused-ring (bicyclic) bond motifs is 1. The van der Waals surface area contributed by atoms with Crippen molar-refractivity contribution in [3.63, 3.8) is 0 Å². The molecule has 2 aliphatic heterocycles. The third-order valence-electron chi connectivity index (χ3n) is 9.46. The van der Waals surface area contributed by atoms with Crippen molar-refractivity contribution in [3.05, 3.63) is 83.1 Å². The Balaban J connectivity index is 1.36. The molecule has 282 valence electrons. The van der Waals surface area contributed by atoms with Crippen LogP contribution in [0.15, 0.2) is 48.8 Å². The van der Waals surface area contributed by atoms with Crippen molar-refractivity contribution in [1.29, 1.82) is 0 Å². The number of nitrogens with zero attached hydrogens (tertiary/aromatic N) is 5. The number of hydrogen-bond acceptors (Lipinski definition) is 5. The lowest BCUT2D eigenvalue weighted by molar-refractivity contribution is -0.131. The van der Waals surface area contributed by atoms with Crippen LogP contribution >= 0.6 is 0 Å². The van der Waals surface area contributed by atoms with E-state index in [0.717, 1.165) is 17.0 Å². The van der Waals surface area contributed by atoms with Crippen LogP contribution < -0.4 is 0 Å². The first kappa shape index (κ1) is 37.5. The summed E-state index contributed by atoms with van der Waals surface area (Å²) in [6, 6.07) is 5.95. The molecule has 1 atom stereocenters. The Morgan fingerprint density at radius 1 is 1.00 bits per heavy atom. The molecule has 53 heavy (non-hydrogen) atoms. The van der Waals surface area contributed by atoms with E-state index in [2.05, 4.69) is 10.1 Å². The lowest BCUT2D eigenvalue weighted by Crippen LogP contribution is -2.51. The lowest BCUT2D eigenvalue weighted by atomic mass is 9.84. The fraction of sp³-hybridized carbons (Fsp3) is 0.421. The molecular weight excluding hydrogens is 699 g/mol. The molecule has 0 radical (unpaired) electrons. The number of H-pyrrole nitrogens is 1. The predicted molar refractivity (Wildman–Crippen MR) is 188 cm³/mol. The van der Waals surface area contributed by atoms with Gasteiger partial charge in [-0.1, -0.05) is 6.08 Å². The number of hydrogen-bond donors (Lipinski definition) is 1. The molecule has 4 heterocycles. The van der Waals surface area contributed by atoms with Gasteiger partial charge >= 0.3 is 6.09 Å². The Hall–Kier alpha value is -5.21. The first-order valence-corrected chi connectivity index (χ1v) is 17.3. The summed E-state index contributed by atoms with van der Waals surface area (Å²) in [6.45, 7) is 4.40. The molecule has 1 fully saturated rings. The highest BCUT2D eigenvalue weighted by atomic mass is 19.3. The number of aromatic nitrogens is 3. The van der Waals surface area contributed by atoms with Gasteiger partial charge in [0, 0.05) is 75.6 Å². The summed E-state index contributed by atoms with van der Waals surface area (Å²) < 4.78 is 86.6. The zero-order valence-electron chi connectivity index (χ0n) is 30.1. The van der Waals surface area contributed by atoms with Gasteiger partial charge in [-0.3, -0.25) is 14.3 Å². The Bertz CT molecular complexity index is 2090. The van der Waals surface area contributed by atoms with Crippen molar-refractivity contribution in [1.82, 2.24) is 29.5 Å². The molecule has 4 aromatic rings. The molecule has 2 aromatic heterocycles. The summed E-state index contributed by atoms with van der Waals surface area (Å²) in [5.41, 5.74) is -1.51. The summed E-state index contributed by atoms with van der Waals surface area (Å²) in [5, 5.41) is 4.18. The highest BCUT2D eigenvalue weighted by molar-refractivity contribution is 6.04. The first-order chi connectivity index (χ1) is 24.9. The van der Waals surface area contributed by atoms with Crippen LogP contribution in [0.5, 0.6) is 0 Å². The van der Waals surface area contributed by atoms with E-state index in [1.807, 2.05) is 0 Å². The molecule has 0 saturated carbocycles. The van der Waals surface area contributed by atoms with Crippen molar-refractivity contribution in [3.8, 4) is 11.1 Å². The average molecular weight is 741 g/mol. The standard InChI is InChI=1S/C38H41F5N6O4/c1-37(2,3)53-36(52)48-14-9-28(38(42,43)21-48)27-18-29(39)25(17-30(27)40)24-16-23(33(41)34-26(24)19-31(45-34)35(51)46(4)5)22-8-6-12-47(20-22)32(50)10-15-49-13-7-11-44-49/h7-8,11,13,16-19,28,45H,6,9-10,12,14-15,20-21H2,1-5H3. The van der Waals surface area contributed by atoms with Gasteiger partial charge in [-0.15, -0.1) is 0 Å². The smallest absolute Gasteiger partial charge is 0.410 e. The topological polar surface area (TPSA) is 104 Å². The highest BCUT2D eigenvalue weighted by Gasteiger charge is 2.48. The number of aryl methyl sites for hydroxylation is 1. The second-order valence-corrected chi connectivity index (χ2v) is 14.7. The SMILES string of the molecule is CN(C)C(=O)c1cc2c(-c3cc(F)c(C4CCN(C(=O)OC(C)(C)C)CC4(F)F)cc3F)cc(C3=CCCN(C(=O)CCn4cccn4)C3)c(F)c2[nH]1. The largest absolute Gasteiger partial charge is 0.444 e. The number of rotatable bonds is 7. The van der Waals surface area contributed by atoms with E-state index >= 15 is 22.0 Å².